The first kappa shape index (κ1) is 21.5. The number of aromatic nitrogens is 1. The number of carbonyl (C=O) groups excluding carboxylic acids is 2. The number of H-pyrrole nitrogens is 1. The summed E-state index contributed by atoms with van der Waals surface area (Å²) in [5.41, 5.74) is 2.76. The summed E-state index contributed by atoms with van der Waals surface area (Å²) in [6, 6.07) is 22.3. The molecule has 2 N–H and O–H groups in total. The first-order valence-corrected chi connectivity index (χ1v) is 11.3. The molecule has 0 spiro atoms. The highest BCUT2D eigenvalue weighted by Gasteiger charge is 2.21. The third-order valence-electron chi connectivity index (χ3n) is 5.03. The molecule has 3 aromatic carbocycles. The lowest BCUT2D eigenvalue weighted by molar-refractivity contribution is 0.0475. The van der Waals surface area contributed by atoms with Crippen LogP contribution in [0.25, 0.3) is 22.2 Å². The quantitative estimate of drug-likeness (QED) is 0.331. The Bertz CT molecular complexity index is 1410. The number of ketones is 1. The first-order valence-electron chi connectivity index (χ1n) is 9.81. The highest BCUT2D eigenvalue weighted by molar-refractivity contribution is 7.89. The van der Waals surface area contributed by atoms with Gasteiger partial charge in [-0.3, -0.25) is 4.79 Å². The van der Waals surface area contributed by atoms with Crippen LogP contribution in [0, 0.1) is 0 Å². The number of benzene rings is 3. The number of nitrogens with one attached hydrogen (secondary N) is 2. The predicted molar refractivity (Wildman–Crippen MR) is 121 cm³/mol. The van der Waals surface area contributed by atoms with Crippen molar-refractivity contribution in [3.8, 4) is 11.3 Å². The molecule has 1 heterocycles. The van der Waals surface area contributed by atoms with E-state index in [0.717, 1.165) is 16.5 Å². The Morgan fingerprint density at radius 1 is 0.938 bits per heavy atom. The number of ether oxygens (including phenoxy) is 1. The summed E-state index contributed by atoms with van der Waals surface area (Å²) in [5.74, 6) is -1.15. The van der Waals surface area contributed by atoms with Gasteiger partial charge in [-0.05, 0) is 36.9 Å². The van der Waals surface area contributed by atoms with Gasteiger partial charge in [-0.2, -0.15) is 0 Å². The summed E-state index contributed by atoms with van der Waals surface area (Å²) in [6.07, 6.45) is 0. The van der Waals surface area contributed by atoms with E-state index in [4.69, 9.17) is 4.74 Å². The van der Waals surface area contributed by atoms with E-state index in [2.05, 4.69) is 9.71 Å². The van der Waals surface area contributed by atoms with Crippen molar-refractivity contribution in [3.05, 3.63) is 90.0 Å². The lowest BCUT2D eigenvalue weighted by Crippen LogP contribution is -2.19. The highest BCUT2D eigenvalue weighted by atomic mass is 32.2. The maximum atomic E-state index is 13.1. The molecule has 0 aliphatic rings. The summed E-state index contributed by atoms with van der Waals surface area (Å²) in [7, 11) is -2.43. The van der Waals surface area contributed by atoms with Gasteiger partial charge < -0.3 is 9.72 Å². The molecule has 0 amide bonds. The minimum absolute atomic E-state index is 0.0383. The minimum atomic E-state index is -3.71. The monoisotopic (exact) mass is 448 g/mol. The molecule has 0 fully saturated rings. The summed E-state index contributed by atoms with van der Waals surface area (Å²) in [6.45, 7) is -0.483. The zero-order valence-corrected chi connectivity index (χ0v) is 18.0. The van der Waals surface area contributed by atoms with Gasteiger partial charge in [0, 0.05) is 10.9 Å². The van der Waals surface area contributed by atoms with Crippen molar-refractivity contribution in [1.29, 1.82) is 0 Å². The van der Waals surface area contributed by atoms with Crippen LogP contribution in [-0.2, 0) is 14.8 Å². The van der Waals surface area contributed by atoms with Crippen molar-refractivity contribution < 1.29 is 22.7 Å². The van der Waals surface area contributed by atoms with Gasteiger partial charge in [0.25, 0.3) is 0 Å². The van der Waals surface area contributed by atoms with Crippen LogP contribution in [0.2, 0.25) is 0 Å². The van der Waals surface area contributed by atoms with Gasteiger partial charge in [-0.1, -0.05) is 54.6 Å². The van der Waals surface area contributed by atoms with Crippen molar-refractivity contribution in [2.75, 3.05) is 13.7 Å². The van der Waals surface area contributed by atoms with Crippen molar-refractivity contribution >= 4 is 32.7 Å². The molecule has 162 valence electrons. The van der Waals surface area contributed by atoms with E-state index < -0.39 is 22.6 Å². The molecule has 0 bridgehead atoms. The van der Waals surface area contributed by atoms with E-state index in [0.29, 0.717) is 11.3 Å². The molecular formula is C24H20N2O5S. The minimum Gasteiger partial charge on any atom is -0.454 e. The van der Waals surface area contributed by atoms with Gasteiger partial charge in [0.05, 0.1) is 21.7 Å². The molecule has 0 radical (unpaired) electrons. The highest BCUT2D eigenvalue weighted by Crippen LogP contribution is 2.30. The first-order chi connectivity index (χ1) is 15.4. The van der Waals surface area contributed by atoms with E-state index in [1.807, 2.05) is 54.6 Å². The Morgan fingerprint density at radius 2 is 1.66 bits per heavy atom. The van der Waals surface area contributed by atoms with Gasteiger partial charge in [-0.15, -0.1) is 0 Å². The van der Waals surface area contributed by atoms with E-state index in [1.165, 1.54) is 31.3 Å². The summed E-state index contributed by atoms with van der Waals surface area (Å²) in [5, 5.41) is 0.731. The number of rotatable bonds is 7. The molecule has 0 saturated heterocycles. The van der Waals surface area contributed by atoms with Crippen LogP contribution in [0.4, 0.5) is 0 Å². The Hall–Kier alpha value is -3.75. The summed E-state index contributed by atoms with van der Waals surface area (Å²) in [4.78, 5) is 28.8. The number of carbonyl (C=O) groups is 2. The lowest BCUT2D eigenvalue weighted by atomic mass is 10.0. The molecule has 7 nitrogen and oxygen atoms in total. The molecule has 32 heavy (non-hydrogen) atoms. The average molecular weight is 449 g/mol. The third-order valence-corrected chi connectivity index (χ3v) is 6.44. The van der Waals surface area contributed by atoms with Crippen LogP contribution < -0.4 is 4.72 Å². The zero-order valence-electron chi connectivity index (χ0n) is 17.2. The standard InChI is InChI=1S/C24H20N2O5S/c1-25-32(29,30)18-11-7-10-17(14-18)24(28)31-15-21(27)22-19-12-5-6-13-20(19)26-23(22)16-8-3-2-4-9-16/h2-14,25-26H,15H2,1H3. The topological polar surface area (TPSA) is 105 Å². The molecule has 4 rings (SSSR count). The summed E-state index contributed by atoms with van der Waals surface area (Å²) < 4.78 is 31.4. The smallest absolute Gasteiger partial charge is 0.338 e. The van der Waals surface area contributed by atoms with Gasteiger partial charge >= 0.3 is 5.97 Å². The van der Waals surface area contributed by atoms with E-state index in [-0.39, 0.29) is 16.2 Å². The second kappa shape index (κ2) is 8.78. The Balaban J connectivity index is 1.60. The van der Waals surface area contributed by atoms with E-state index in [1.54, 1.807) is 0 Å². The molecule has 0 aliphatic heterocycles. The van der Waals surface area contributed by atoms with Crippen molar-refractivity contribution in [1.82, 2.24) is 9.71 Å². The molecule has 4 aromatic rings. The van der Waals surface area contributed by atoms with Crippen LogP contribution in [0.5, 0.6) is 0 Å². The molecule has 1 aromatic heterocycles. The molecule has 0 atom stereocenters. The normalized spacial score (nSPS) is 11.4. The average Bonchev–Trinajstić information content (AvgIpc) is 3.22. The van der Waals surface area contributed by atoms with Gasteiger partial charge in [0.15, 0.2) is 6.61 Å². The molecule has 0 unspecified atom stereocenters. The lowest BCUT2D eigenvalue weighted by Gasteiger charge is -2.08. The van der Waals surface area contributed by atoms with Gasteiger partial charge in [0.1, 0.15) is 0 Å². The van der Waals surface area contributed by atoms with Crippen molar-refractivity contribution in [2.24, 2.45) is 0 Å². The number of Topliss-reactive ketones (excluding diaryl/α,β-unsaturated/α-hetero) is 1. The maximum Gasteiger partial charge on any atom is 0.338 e. The molecule has 0 saturated carbocycles. The Labute approximate surface area is 185 Å². The number of hydrogen-bond donors (Lipinski definition) is 2. The van der Waals surface area contributed by atoms with Crippen molar-refractivity contribution in [3.63, 3.8) is 0 Å². The van der Waals surface area contributed by atoms with Crippen LogP contribution in [0.15, 0.2) is 83.8 Å². The number of hydrogen-bond acceptors (Lipinski definition) is 5. The number of sulfonamides is 1. The Morgan fingerprint density at radius 3 is 2.41 bits per heavy atom. The fourth-order valence-electron chi connectivity index (χ4n) is 3.45. The number of esters is 1. The van der Waals surface area contributed by atoms with Gasteiger partial charge in [-0.25, -0.2) is 17.9 Å². The molecule has 8 heteroatoms. The fraction of sp³-hybridized carbons (Fsp3) is 0.0833. The maximum absolute atomic E-state index is 13.1. The largest absolute Gasteiger partial charge is 0.454 e. The third kappa shape index (κ3) is 4.18. The zero-order chi connectivity index (χ0) is 22.7. The van der Waals surface area contributed by atoms with Crippen LogP contribution in [0.1, 0.15) is 20.7 Å². The number of fused-ring (bicyclic) bond motifs is 1. The molecular weight excluding hydrogens is 428 g/mol. The SMILES string of the molecule is CNS(=O)(=O)c1cccc(C(=O)OCC(=O)c2c(-c3ccccc3)[nH]c3ccccc23)c1. The second-order valence-corrected chi connectivity index (χ2v) is 8.91. The molecule has 0 aliphatic carbocycles. The predicted octanol–water partition coefficient (Wildman–Crippen LogP) is 3.78. The van der Waals surface area contributed by atoms with E-state index >= 15 is 0 Å². The summed E-state index contributed by atoms with van der Waals surface area (Å²) >= 11 is 0. The van der Waals surface area contributed by atoms with E-state index in [9.17, 15) is 18.0 Å². The van der Waals surface area contributed by atoms with Crippen LogP contribution >= 0.6 is 0 Å². The number of para-hydroxylation sites is 1. The van der Waals surface area contributed by atoms with Crippen LogP contribution in [0.3, 0.4) is 0 Å². The van der Waals surface area contributed by atoms with Crippen LogP contribution in [-0.4, -0.2) is 38.8 Å². The fourth-order valence-corrected chi connectivity index (χ4v) is 4.22. The second-order valence-electron chi connectivity index (χ2n) is 7.02. The van der Waals surface area contributed by atoms with Gasteiger partial charge in [0.2, 0.25) is 15.8 Å². The Kier molecular flexibility index (Phi) is 5.89. The van der Waals surface area contributed by atoms with Crippen molar-refractivity contribution in [2.45, 2.75) is 4.90 Å². The number of aromatic amines is 1.